The first-order valence-electron chi connectivity index (χ1n) is 10.2. The van der Waals surface area contributed by atoms with Crippen molar-refractivity contribution in [3.63, 3.8) is 0 Å². The maximum atomic E-state index is 11.5. The number of benzene rings is 5. The van der Waals surface area contributed by atoms with E-state index in [-0.39, 0.29) is 5.91 Å². The summed E-state index contributed by atoms with van der Waals surface area (Å²) in [5.74, 6) is -0.368. The fourth-order valence-corrected chi connectivity index (χ4v) is 5.63. The van der Waals surface area contributed by atoms with Crippen molar-refractivity contribution in [1.29, 1.82) is 0 Å². The lowest BCUT2D eigenvalue weighted by Gasteiger charge is -2.18. The number of aliphatic carboxylic acids is 1. The molecule has 0 saturated carbocycles. The number of hydrogen-bond acceptors (Lipinski definition) is 3. The van der Waals surface area contributed by atoms with Crippen LogP contribution in [0.4, 0.5) is 0 Å². The van der Waals surface area contributed by atoms with Crippen LogP contribution in [0.3, 0.4) is 0 Å². The quantitative estimate of drug-likeness (QED) is 0.275. The molecule has 0 heterocycles. The molecule has 0 fully saturated rings. The molecular formula is C26H21NO3S. The van der Waals surface area contributed by atoms with Gasteiger partial charge in [0.1, 0.15) is 6.04 Å². The van der Waals surface area contributed by atoms with Gasteiger partial charge in [-0.05, 0) is 48.7 Å². The van der Waals surface area contributed by atoms with Gasteiger partial charge in [0, 0.05) is 18.4 Å². The van der Waals surface area contributed by atoms with Crippen molar-refractivity contribution in [1.82, 2.24) is 5.32 Å². The zero-order chi connectivity index (χ0) is 21.5. The molecule has 1 amide bonds. The van der Waals surface area contributed by atoms with Crippen molar-refractivity contribution >= 4 is 66.7 Å². The van der Waals surface area contributed by atoms with E-state index >= 15 is 0 Å². The van der Waals surface area contributed by atoms with Gasteiger partial charge in [-0.15, -0.1) is 0 Å². The van der Waals surface area contributed by atoms with Crippen LogP contribution in [0.25, 0.3) is 43.1 Å². The van der Waals surface area contributed by atoms with E-state index in [1.165, 1.54) is 67.3 Å². The molecule has 5 aromatic rings. The summed E-state index contributed by atoms with van der Waals surface area (Å²) < 4.78 is 0. The highest BCUT2D eigenvalue weighted by Gasteiger charge is 2.20. The molecule has 5 aromatic carbocycles. The van der Waals surface area contributed by atoms with Crippen LogP contribution in [0.1, 0.15) is 12.5 Å². The minimum Gasteiger partial charge on any atom is -0.480 e. The van der Waals surface area contributed by atoms with Gasteiger partial charge in [0.25, 0.3) is 0 Å². The number of carbonyl (C=O) groups excluding carboxylic acids is 1. The minimum absolute atomic E-state index is 0.311. The molecule has 154 valence electrons. The lowest BCUT2D eigenvalue weighted by Crippen LogP contribution is -2.41. The number of nitrogens with one attached hydrogen (secondary N) is 1. The van der Waals surface area contributed by atoms with Gasteiger partial charge in [-0.3, -0.25) is 4.79 Å². The fraction of sp³-hybridized carbons (Fsp3) is 0.154. The van der Waals surface area contributed by atoms with Crippen LogP contribution in [0.5, 0.6) is 0 Å². The van der Waals surface area contributed by atoms with Crippen molar-refractivity contribution in [3.05, 3.63) is 72.3 Å². The Labute approximate surface area is 183 Å². The highest BCUT2D eigenvalue weighted by molar-refractivity contribution is 7.98. The summed E-state index contributed by atoms with van der Waals surface area (Å²) in [6, 6.07) is 22.7. The Balaban J connectivity index is 1.66. The Morgan fingerprint density at radius 1 is 0.839 bits per heavy atom. The highest BCUT2D eigenvalue weighted by atomic mass is 32.2. The minimum atomic E-state index is -1.01. The molecule has 1 atom stereocenters. The summed E-state index contributed by atoms with van der Waals surface area (Å²) in [5, 5.41) is 21.8. The largest absolute Gasteiger partial charge is 0.480 e. The Hall–Kier alpha value is -3.31. The van der Waals surface area contributed by atoms with E-state index in [0.717, 1.165) is 0 Å². The summed E-state index contributed by atoms with van der Waals surface area (Å²) in [7, 11) is 0. The van der Waals surface area contributed by atoms with E-state index < -0.39 is 12.0 Å². The maximum Gasteiger partial charge on any atom is 0.327 e. The molecule has 0 aliphatic rings. The third-order valence-electron chi connectivity index (χ3n) is 5.85. The van der Waals surface area contributed by atoms with Gasteiger partial charge < -0.3 is 10.4 Å². The van der Waals surface area contributed by atoms with E-state index in [0.29, 0.717) is 11.5 Å². The molecule has 0 spiro atoms. The summed E-state index contributed by atoms with van der Waals surface area (Å²) in [4.78, 5) is 22.9. The lowest BCUT2D eigenvalue weighted by atomic mass is 9.88. The second kappa shape index (κ2) is 7.75. The van der Waals surface area contributed by atoms with Crippen LogP contribution in [0.2, 0.25) is 0 Å². The number of rotatable bonds is 6. The van der Waals surface area contributed by atoms with Crippen LogP contribution >= 0.6 is 11.8 Å². The molecule has 0 radical (unpaired) electrons. The van der Waals surface area contributed by atoms with Crippen molar-refractivity contribution < 1.29 is 14.7 Å². The number of carbonyl (C=O) groups is 2. The van der Waals surface area contributed by atoms with E-state index in [1.807, 2.05) is 6.07 Å². The number of hydrogen-bond donors (Lipinski definition) is 2. The lowest BCUT2D eigenvalue weighted by molar-refractivity contribution is -0.140. The Kier molecular flexibility index (Phi) is 4.91. The topological polar surface area (TPSA) is 66.4 Å². The van der Waals surface area contributed by atoms with Crippen LogP contribution in [0, 0.1) is 0 Å². The van der Waals surface area contributed by atoms with Crippen LogP contribution in [-0.4, -0.2) is 28.8 Å². The smallest absolute Gasteiger partial charge is 0.327 e. The van der Waals surface area contributed by atoms with Crippen molar-refractivity contribution in [2.24, 2.45) is 0 Å². The molecule has 0 aliphatic carbocycles. The van der Waals surface area contributed by atoms with E-state index in [1.54, 1.807) is 0 Å². The van der Waals surface area contributed by atoms with Crippen LogP contribution in [0.15, 0.2) is 66.7 Å². The monoisotopic (exact) mass is 427 g/mol. The standard InChI is InChI=1S/C26H21NO3S/c1-15(28)27-23(26(29)30)14-31-13-22-19-8-3-2-7-18(19)20-11-9-16-5-4-6-17-10-12-21(22)25(20)24(16)17/h2-12,23H,13-14H2,1H3,(H,27,28)(H,29,30)/t23-/m0/s1. The zero-order valence-corrected chi connectivity index (χ0v) is 17.8. The van der Waals surface area contributed by atoms with Gasteiger partial charge in [-0.25, -0.2) is 4.79 Å². The van der Waals surface area contributed by atoms with E-state index in [2.05, 4.69) is 66.0 Å². The Bertz CT molecular complexity index is 1440. The fourth-order valence-electron chi connectivity index (χ4n) is 4.54. The number of carboxylic acids is 1. The molecule has 0 saturated heterocycles. The van der Waals surface area contributed by atoms with Crippen molar-refractivity contribution in [3.8, 4) is 0 Å². The zero-order valence-electron chi connectivity index (χ0n) is 17.0. The van der Waals surface area contributed by atoms with Crippen LogP contribution < -0.4 is 5.32 Å². The summed E-state index contributed by atoms with van der Waals surface area (Å²) in [6.07, 6.45) is 0. The molecule has 0 unspecified atom stereocenters. The molecule has 5 heteroatoms. The molecule has 2 N–H and O–H groups in total. The molecule has 0 aliphatic heterocycles. The van der Waals surface area contributed by atoms with Crippen molar-refractivity contribution in [2.75, 3.05) is 5.75 Å². The second-order valence-corrected chi connectivity index (χ2v) is 8.84. The first kappa shape index (κ1) is 19.6. The molecule has 5 rings (SSSR count). The number of thioether (sulfide) groups is 1. The van der Waals surface area contributed by atoms with Gasteiger partial charge in [-0.2, -0.15) is 11.8 Å². The third-order valence-corrected chi connectivity index (χ3v) is 6.91. The van der Waals surface area contributed by atoms with Gasteiger partial charge in [0.2, 0.25) is 5.91 Å². The Morgan fingerprint density at radius 3 is 2.19 bits per heavy atom. The van der Waals surface area contributed by atoms with Gasteiger partial charge in [0.05, 0.1) is 0 Å². The summed E-state index contributed by atoms with van der Waals surface area (Å²) >= 11 is 1.53. The predicted molar refractivity (Wildman–Crippen MR) is 129 cm³/mol. The number of fused-ring (bicyclic) bond motifs is 2. The van der Waals surface area contributed by atoms with Crippen molar-refractivity contribution in [2.45, 2.75) is 18.7 Å². The molecule has 4 nitrogen and oxygen atoms in total. The van der Waals surface area contributed by atoms with Gasteiger partial charge in [0.15, 0.2) is 0 Å². The summed E-state index contributed by atoms with van der Waals surface area (Å²) in [5.41, 5.74) is 1.21. The Morgan fingerprint density at radius 2 is 1.52 bits per heavy atom. The van der Waals surface area contributed by atoms with Gasteiger partial charge >= 0.3 is 5.97 Å². The average Bonchev–Trinajstić information content (AvgIpc) is 2.77. The summed E-state index contributed by atoms with van der Waals surface area (Å²) in [6.45, 7) is 1.34. The third kappa shape index (κ3) is 3.35. The predicted octanol–water partition coefficient (Wildman–Crippen LogP) is 5.56. The van der Waals surface area contributed by atoms with Crippen LogP contribution in [-0.2, 0) is 15.3 Å². The first-order chi connectivity index (χ1) is 15.0. The van der Waals surface area contributed by atoms with Gasteiger partial charge in [-0.1, -0.05) is 66.7 Å². The highest BCUT2D eigenvalue weighted by Crippen LogP contribution is 2.41. The molecule has 31 heavy (non-hydrogen) atoms. The van der Waals surface area contributed by atoms with E-state index in [9.17, 15) is 14.7 Å². The average molecular weight is 428 g/mol. The first-order valence-corrected chi connectivity index (χ1v) is 11.3. The number of carboxylic acid groups (broad SMARTS) is 1. The number of amides is 1. The molecular weight excluding hydrogens is 406 g/mol. The maximum absolute atomic E-state index is 11.5. The second-order valence-electron chi connectivity index (χ2n) is 7.81. The molecule has 0 bridgehead atoms. The normalized spacial score (nSPS) is 12.7. The van der Waals surface area contributed by atoms with E-state index in [4.69, 9.17) is 0 Å². The SMILES string of the molecule is CC(=O)N[C@@H](CSCc1c2ccccc2c2ccc3cccc4ccc1c2c43)C(=O)O. The molecule has 0 aromatic heterocycles.